The summed E-state index contributed by atoms with van der Waals surface area (Å²) in [4.78, 5) is 12.1. The molecule has 2 unspecified atom stereocenters. The van der Waals surface area contributed by atoms with E-state index in [1.165, 1.54) is 6.42 Å². The lowest BCUT2D eigenvalue weighted by Crippen LogP contribution is -2.27. The standard InChI is InChI=1S/C12H20O2/c1-9-2-3-11(8-9)12(13)10-4-6-14-7-5-10/h9-11H,2-8H2,1H3. The van der Waals surface area contributed by atoms with Crippen LogP contribution in [0.1, 0.15) is 39.0 Å². The van der Waals surface area contributed by atoms with Crippen molar-refractivity contribution in [3.05, 3.63) is 0 Å². The molecule has 2 atom stereocenters. The van der Waals surface area contributed by atoms with Crippen LogP contribution in [0, 0.1) is 17.8 Å². The first kappa shape index (κ1) is 10.2. The van der Waals surface area contributed by atoms with E-state index in [0.29, 0.717) is 17.6 Å². The Kier molecular flexibility index (Phi) is 3.22. The van der Waals surface area contributed by atoms with E-state index < -0.39 is 0 Å². The molecule has 0 aromatic rings. The highest BCUT2D eigenvalue weighted by molar-refractivity contribution is 5.83. The normalized spacial score (nSPS) is 34.6. The molecule has 1 aliphatic heterocycles. The van der Waals surface area contributed by atoms with Gasteiger partial charge < -0.3 is 4.74 Å². The maximum atomic E-state index is 12.1. The molecule has 0 amide bonds. The number of ether oxygens (including phenoxy) is 1. The summed E-state index contributed by atoms with van der Waals surface area (Å²) in [6, 6.07) is 0. The van der Waals surface area contributed by atoms with E-state index in [-0.39, 0.29) is 0 Å². The monoisotopic (exact) mass is 196 g/mol. The second kappa shape index (κ2) is 4.43. The van der Waals surface area contributed by atoms with Gasteiger partial charge in [0.2, 0.25) is 0 Å². The summed E-state index contributed by atoms with van der Waals surface area (Å²) in [5.41, 5.74) is 0. The number of carbonyl (C=O) groups excluding carboxylic acids is 1. The Morgan fingerprint density at radius 1 is 1.07 bits per heavy atom. The van der Waals surface area contributed by atoms with Crippen molar-refractivity contribution in [1.29, 1.82) is 0 Å². The molecule has 2 aliphatic rings. The lowest BCUT2D eigenvalue weighted by atomic mass is 9.86. The quantitative estimate of drug-likeness (QED) is 0.678. The van der Waals surface area contributed by atoms with Gasteiger partial charge in [-0.25, -0.2) is 0 Å². The van der Waals surface area contributed by atoms with Crippen molar-refractivity contribution in [3.63, 3.8) is 0 Å². The molecule has 0 N–H and O–H groups in total. The minimum atomic E-state index is 0.319. The minimum Gasteiger partial charge on any atom is -0.381 e. The molecule has 2 nitrogen and oxygen atoms in total. The lowest BCUT2D eigenvalue weighted by molar-refractivity contribution is -0.129. The fraction of sp³-hybridized carbons (Fsp3) is 0.917. The lowest BCUT2D eigenvalue weighted by Gasteiger charge is -2.23. The molecule has 2 rings (SSSR count). The van der Waals surface area contributed by atoms with Crippen molar-refractivity contribution in [2.75, 3.05) is 13.2 Å². The third kappa shape index (κ3) is 2.17. The van der Waals surface area contributed by atoms with Crippen LogP contribution in [0.25, 0.3) is 0 Å². The summed E-state index contributed by atoms with van der Waals surface area (Å²) < 4.78 is 5.28. The highest BCUT2D eigenvalue weighted by atomic mass is 16.5. The minimum absolute atomic E-state index is 0.319. The SMILES string of the molecule is CC1CCC(C(=O)C2CCOCC2)C1. The van der Waals surface area contributed by atoms with Crippen molar-refractivity contribution >= 4 is 5.78 Å². The Bertz CT molecular complexity index is 200. The van der Waals surface area contributed by atoms with E-state index in [1.807, 2.05) is 0 Å². The van der Waals surface area contributed by atoms with Gasteiger partial charge in [0.1, 0.15) is 5.78 Å². The largest absolute Gasteiger partial charge is 0.381 e. The van der Waals surface area contributed by atoms with Crippen LogP contribution >= 0.6 is 0 Å². The Labute approximate surface area is 86.0 Å². The summed E-state index contributed by atoms with van der Waals surface area (Å²) in [5.74, 6) is 2.01. The summed E-state index contributed by atoms with van der Waals surface area (Å²) >= 11 is 0. The molecule has 0 radical (unpaired) electrons. The van der Waals surface area contributed by atoms with Crippen molar-refractivity contribution in [2.45, 2.75) is 39.0 Å². The summed E-state index contributed by atoms with van der Waals surface area (Å²) in [5, 5.41) is 0. The van der Waals surface area contributed by atoms with Crippen LogP contribution in [0.15, 0.2) is 0 Å². The number of Topliss-reactive ketones (excluding diaryl/α,β-unsaturated/α-hetero) is 1. The predicted octanol–water partition coefficient (Wildman–Crippen LogP) is 2.42. The second-order valence-electron chi connectivity index (χ2n) is 4.90. The molecule has 1 aliphatic carbocycles. The number of ketones is 1. The smallest absolute Gasteiger partial charge is 0.139 e. The molecule has 1 saturated heterocycles. The van der Waals surface area contributed by atoms with Gasteiger partial charge in [0.05, 0.1) is 0 Å². The Hall–Kier alpha value is -0.370. The second-order valence-corrected chi connectivity index (χ2v) is 4.90. The van der Waals surface area contributed by atoms with Crippen LogP contribution in [0.2, 0.25) is 0 Å². The van der Waals surface area contributed by atoms with Crippen molar-refractivity contribution in [3.8, 4) is 0 Å². The molecule has 80 valence electrons. The van der Waals surface area contributed by atoms with E-state index in [1.54, 1.807) is 0 Å². The highest BCUT2D eigenvalue weighted by Crippen LogP contribution is 2.34. The first-order valence-electron chi connectivity index (χ1n) is 5.89. The summed E-state index contributed by atoms with van der Waals surface area (Å²) in [7, 11) is 0. The van der Waals surface area contributed by atoms with Crippen LogP contribution in [0.3, 0.4) is 0 Å². The summed E-state index contributed by atoms with van der Waals surface area (Å²) in [6.07, 6.45) is 5.45. The van der Waals surface area contributed by atoms with E-state index >= 15 is 0 Å². The van der Waals surface area contributed by atoms with Gasteiger partial charge in [-0.15, -0.1) is 0 Å². The number of rotatable bonds is 2. The van der Waals surface area contributed by atoms with Crippen LogP contribution < -0.4 is 0 Å². The fourth-order valence-corrected chi connectivity index (χ4v) is 2.78. The van der Waals surface area contributed by atoms with Crippen LogP contribution in [-0.4, -0.2) is 19.0 Å². The molecular formula is C12H20O2. The number of carbonyl (C=O) groups is 1. The fourth-order valence-electron chi connectivity index (χ4n) is 2.78. The van der Waals surface area contributed by atoms with E-state index in [2.05, 4.69) is 6.92 Å². The van der Waals surface area contributed by atoms with Gasteiger partial charge in [-0.3, -0.25) is 4.79 Å². The number of hydrogen-bond acceptors (Lipinski definition) is 2. The van der Waals surface area contributed by atoms with Gasteiger partial charge >= 0.3 is 0 Å². The zero-order valence-corrected chi connectivity index (χ0v) is 9.00. The molecule has 0 aromatic heterocycles. The summed E-state index contributed by atoms with van der Waals surface area (Å²) in [6.45, 7) is 3.84. The van der Waals surface area contributed by atoms with Gasteiger partial charge in [0, 0.05) is 25.0 Å². The average Bonchev–Trinajstić information content (AvgIpc) is 2.65. The van der Waals surface area contributed by atoms with E-state index in [0.717, 1.165) is 44.8 Å². The Morgan fingerprint density at radius 3 is 2.36 bits per heavy atom. The third-order valence-electron chi connectivity index (χ3n) is 3.72. The molecule has 2 fully saturated rings. The Balaban J connectivity index is 1.87. The number of hydrogen-bond donors (Lipinski definition) is 0. The first-order chi connectivity index (χ1) is 6.77. The van der Waals surface area contributed by atoms with Gasteiger partial charge in [-0.1, -0.05) is 6.92 Å². The van der Waals surface area contributed by atoms with Crippen LogP contribution in [-0.2, 0) is 9.53 Å². The van der Waals surface area contributed by atoms with Gasteiger partial charge in [0.15, 0.2) is 0 Å². The van der Waals surface area contributed by atoms with Crippen LogP contribution in [0.4, 0.5) is 0 Å². The van der Waals surface area contributed by atoms with Gasteiger partial charge in [-0.05, 0) is 38.0 Å². The Morgan fingerprint density at radius 2 is 1.79 bits per heavy atom. The van der Waals surface area contributed by atoms with Gasteiger partial charge in [0.25, 0.3) is 0 Å². The highest BCUT2D eigenvalue weighted by Gasteiger charge is 2.32. The zero-order valence-electron chi connectivity index (χ0n) is 9.00. The molecule has 0 bridgehead atoms. The molecule has 1 saturated carbocycles. The van der Waals surface area contributed by atoms with Crippen molar-refractivity contribution < 1.29 is 9.53 Å². The molecule has 2 heteroatoms. The van der Waals surface area contributed by atoms with E-state index in [4.69, 9.17) is 4.74 Å². The van der Waals surface area contributed by atoms with Crippen molar-refractivity contribution in [1.82, 2.24) is 0 Å². The first-order valence-corrected chi connectivity index (χ1v) is 5.89. The predicted molar refractivity (Wildman–Crippen MR) is 55.1 cm³/mol. The molecule has 0 spiro atoms. The van der Waals surface area contributed by atoms with E-state index in [9.17, 15) is 4.79 Å². The molecular weight excluding hydrogens is 176 g/mol. The third-order valence-corrected chi connectivity index (χ3v) is 3.72. The molecule has 1 heterocycles. The average molecular weight is 196 g/mol. The topological polar surface area (TPSA) is 26.3 Å². The zero-order chi connectivity index (χ0) is 9.97. The van der Waals surface area contributed by atoms with Crippen LogP contribution in [0.5, 0.6) is 0 Å². The maximum Gasteiger partial charge on any atom is 0.139 e. The van der Waals surface area contributed by atoms with Gasteiger partial charge in [-0.2, -0.15) is 0 Å². The van der Waals surface area contributed by atoms with Crippen molar-refractivity contribution in [2.24, 2.45) is 17.8 Å². The maximum absolute atomic E-state index is 12.1. The molecule has 0 aromatic carbocycles. The molecule has 14 heavy (non-hydrogen) atoms.